The Morgan fingerprint density at radius 2 is 1.77 bits per heavy atom. The summed E-state index contributed by atoms with van der Waals surface area (Å²) in [5.74, 6) is -0.116. The molecule has 1 N–H and O–H groups in total. The first-order valence-corrected chi connectivity index (χ1v) is 10.2. The van der Waals surface area contributed by atoms with Crippen LogP contribution in [0, 0.1) is 27.7 Å². The second kappa shape index (κ2) is 7.92. The number of benzene rings is 2. The number of hydrogen-bond donors (Lipinski definition) is 1. The van der Waals surface area contributed by atoms with Gasteiger partial charge in [-0.15, -0.1) is 0 Å². The Bertz CT molecular complexity index is 1260. The lowest BCUT2D eigenvalue weighted by molar-refractivity contribution is -0.115. The molecule has 2 heterocycles. The van der Waals surface area contributed by atoms with E-state index in [9.17, 15) is 4.79 Å². The first-order chi connectivity index (χ1) is 14.3. The van der Waals surface area contributed by atoms with Gasteiger partial charge in [-0.05, 0) is 51.0 Å². The highest BCUT2D eigenvalue weighted by Crippen LogP contribution is 2.29. The number of carbonyl (C=O) groups is 1. The number of fused-ring (bicyclic) bond motifs is 1. The smallest absolute Gasteiger partial charge is 0.228 e. The van der Waals surface area contributed by atoms with Crippen molar-refractivity contribution in [2.45, 2.75) is 34.1 Å². The van der Waals surface area contributed by atoms with Crippen molar-refractivity contribution < 1.29 is 4.79 Å². The van der Waals surface area contributed by atoms with Crippen LogP contribution in [0.15, 0.2) is 48.5 Å². The summed E-state index contributed by atoms with van der Waals surface area (Å²) in [6, 6.07) is 15.6. The maximum Gasteiger partial charge on any atom is 0.228 e. The number of nitrogens with zero attached hydrogens (tertiary/aromatic N) is 3. The molecule has 2 aromatic heterocycles. The van der Waals surface area contributed by atoms with Gasteiger partial charge in [0.2, 0.25) is 5.91 Å². The molecular formula is C24H23ClN4O. The maximum atomic E-state index is 12.7. The number of amides is 1. The van der Waals surface area contributed by atoms with Crippen LogP contribution >= 0.6 is 11.6 Å². The van der Waals surface area contributed by atoms with Crippen LogP contribution in [0.5, 0.6) is 0 Å². The lowest BCUT2D eigenvalue weighted by Gasteiger charge is -2.12. The molecule has 30 heavy (non-hydrogen) atoms. The molecule has 0 aliphatic carbocycles. The lowest BCUT2D eigenvalue weighted by atomic mass is 10.1. The third-order valence-electron chi connectivity index (χ3n) is 5.36. The van der Waals surface area contributed by atoms with Gasteiger partial charge in [-0.3, -0.25) is 4.79 Å². The normalized spacial score (nSPS) is 11.1. The highest BCUT2D eigenvalue weighted by molar-refractivity contribution is 6.31. The van der Waals surface area contributed by atoms with Crippen molar-refractivity contribution in [1.82, 2.24) is 14.6 Å². The molecule has 152 valence electrons. The van der Waals surface area contributed by atoms with E-state index in [4.69, 9.17) is 21.7 Å². The number of anilines is 1. The minimum Gasteiger partial charge on any atom is -0.326 e. The Hall–Kier alpha value is -3.18. The molecule has 1 amide bonds. The van der Waals surface area contributed by atoms with Gasteiger partial charge in [0, 0.05) is 33.2 Å². The summed E-state index contributed by atoms with van der Waals surface area (Å²) in [7, 11) is 0. The Labute approximate surface area is 180 Å². The summed E-state index contributed by atoms with van der Waals surface area (Å²) in [5.41, 5.74) is 8.09. The third kappa shape index (κ3) is 3.68. The molecule has 5 nitrogen and oxygen atoms in total. The van der Waals surface area contributed by atoms with E-state index in [1.165, 1.54) is 0 Å². The van der Waals surface area contributed by atoms with Crippen LogP contribution in [-0.2, 0) is 11.2 Å². The number of rotatable bonds is 4. The van der Waals surface area contributed by atoms with Crippen LogP contribution in [0.25, 0.3) is 16.8 Å². The molecule has 0 radical (unpaired) electrons. The van der Waals surface area contributed by atoms with Crippen molar-refractivity contribution in [2.75, 3.05) is 5.32 Å². The molecule has 4 aromatic rings. The Morgan fingerprint density at radius 3 is 2.47 bits per heavy atom. The molecule has 6 heteroatoms. The van der Waals surface area contributed by atoms with Crippen molar-refractivity contribution >= 4 is 28.8 Å². The van der Waals surface area contributed by atoms with Crippen LogP contribution < -0.4 is 5.32 Å². The van der Waals surface area contributed by atoms with E-state index in [1.807, 2.05) is 62.5 Å². The van der Waals surface area contributed by atoms with Crippen LogP contribution in [-0.4, -0.2) is 20.5 Å². The summed E-state index contributed by atoms with van der Waals surface area (Å²) in [4.78, 5) is 17.5. The number of aryl methyl sites for hydroxylation is 4. The number of nitrogens with one attached hydrogen (secondary N) is 1. The zero-order valence-corrected chi connectivity index (χ0v) is 18.2. The summed E-state index contributed by atoms with van der Waals surface area (Å²) < 4.78 is 1.84. The van der Waals surface area contributed by atoms with Crippen molar-refractivity contribution in [3.05, 3.63) is 81.8 Å². The number of halogens is 1. The fraction of sp³-hybridized carbons (Fsp3) is 0.208. The lowest BCUT2D eigenvalue weighted by Crippen LogP contribution is -2.17. The molecule has 0 unspecified atom stereocenters. The van der Waals surface area contributed by atoms with Gasteiger partial charge in [0.15, 0.2) is 5.65 Å². The predicted molar refractivity (Wildman–Crippen MR) is 121 cm³/mol. The van der Waals surface area contributed by atoms with E-state index in [0.29, 0.717) is 10.7 Å². The van der Waals surface area contributed by atoms with E-state index < -0.39 is 0 Å². The zero-order valence-electron chi connectivity index (χ0n) is 17.5. The van der Waals surface area contributed by atoms with Crippen molar-refractivity contribution in [2.24, 2.45) is 0 Å². The number of hydrogen-bond acceptors (Lipinski definition) is 3. The van der Waals surface area contributed by atoms with E-state index in [-0.39, 0.29) is 12.3 Å². The molecule has 0 atom stereocenters. The molecule has 0 aliphatic heterocycles. The van der Waals surface area contributed by atoms with E-state index in [2.05, 4.69) is 17.4 Å². The summed E-state index contributed by atoms with van der Waals surface area (Å²) >= 11 is 6.17. The van der Waals surface area contributed by atoms with Crippen LogP contribution in [0.3, 0.4) is 0 Å². The molecule has 4 rings (SSSR count). The first kappa shape index (κ1) is 20.1. The molecular weight excluding hydrogens is 396 g/mol. The second-order valence-electron chi connectivity index (χ2n) is 7.51. The topological polar surface area (TPSA) is 59.3 Å². The molecule has 0 saturated carbocycles. The monoisotopic (exact) mass is 418 g/mol. The molecule has 0 saturated heterocycles. The van der Waals surface area contributed by atoms with E-state index >= 15 is 0 Å². The summed E-state index contributed by atoms with van der Waals surface area (Å²) in [6.07, 6.45) is 0.214. The average Bonchev–Trinajstić information content (AvgIpc) is 3.04. The summed E-state index contributed by atoms with van der Waals surface area (Å²) in [6.45, 7) is 7.83. The van der Waals surface area contributed by atoms with Crippen molar-refractivity contribution in [1.29, 1.82) is 0 Å². The van der Waals surface area contributed by atoms with Gasteiger partial charge in [-0.25, -0.2) is 9.50 Å². The minimum atomic E-state index is -0.116. The highest BCUT2D eigenvalue weighted by Gasteiger charge is 2.19. The largest absolute Gasteiger partial charge is 0.326 e. The average molecular weight is 419 g/mol. The van der Waals surface area contributed by atoms with Crippen molar-refractivity contribution in [3.8, 4) is 11.1 Å². The SMILES string of the molecule is Cc1ccc(NC(=O)Cc2c(C)nc3c(-c4ccccc4)c(C)nn3c2C)cc1Cl. The van der Waals surface area contributed by atoms with Crippen LogP contribution in [0.1, 0.15) is 28.2 Å². The van der Waals surface area contributed by atoms with Crippen molar-refractivity contribution in [3.63, 3.8) is 0 Å². The Balaban J connectivity index is 1.68. The van der Waals surface area contributed by atoms with Gasteiger partial charge in [0.25, 0.3) is 0 Å². The van der Waals surface area contributed by atoms with Gasteiger partial charge in [-0.1, -0.05) is 48.0 Å². The third-order valence-corrected chi connectivity index (χ3v) is 5.76. The molecule has 0 aliphatic rings. The Morgan fingerprint density at radius 1 is 1.03 bits per heavy atom. The highest BCUT2D eigenvalue weighted by atomic mass is 35.5. The van der Waals surface area contributed by atoms with Gasteiger partial charge in [0.05, 0.1) is 12.1 Å². The van der Waals surface area contributed by atoms with E-state index in [0.717, 1.165) is 45.0 Å². The second-order valence-corrected chi connectivity index (χ2v) is 7.92. The molecule has 0 bridgehead atoms. The Kier molecular flexibility index (Phi) is 5.31. The van der Waals surface area contributed by atoms with E-state index in [1.54, 1.807) is 6.07 Å². The minimum absolute atomic E-state index is 0.116. The number of aromatic nitrogens is 3. The fourth-order valence-electron chi connectivity index (χ4n) is 3.70. The quantitative estimate of drug-likeness (QED) is 0.478. The van der Waals surface area contributed by atoms with Crippen LogP contribution in [0.4, 0.5) is 5.69 Å². The molecule has 2 aromatic carbocycles. The van der Waals surface area contributed by atoms with Gasteiger partial charge >= 0.3 is 0 Å². The van der Waals surface area contributed by atoms with Crippen LogP contribution in [0.2, 0.25) is 5.02 Å². The maximum absolute atomic E-state index is 12.7. The van der Waals surface area contributed by atoms with Gasteiger partial charge in [-0.2, -0.15) is 5.10 Å². The molecule has 0 fully saturated rings. The fourth-order valence-corrected chi connectivity index (χ4v) is 3.88. The van der Waals surface area contributed by atoms with Gasteiger partial charge in [0.1, 0.15) is 0 Å². The summed E-state index contributed by atoms with van der Waals surface area (Å²) in [5, 5.41) is 8.26. The molecule has 0 spiro atoms. The standard InChI is InChI=1S/C24H23ClN4O/c1-14-10-11-19(12-21(14)25)27-22(30)13-20-15(2)26-24-23(18-8-6-5-7-9-18)16(3)28-29(24)17(20)4/h5-12H,13H2,1-4H3,(H,27,30). The van der Waals surface area contributed by atoms with Gasteiger partial charge < -0.3 is 5.32 Å². The first-order valence-electron chi connectivity index (χ1n) is 9.82. The zero-order chi connectivity index (χ0) is 21.4. The number of carbonyl (C=O) groups excluding carboxylic acids is 1. The predicted octanol–water partition coefficient (Wildman–Crippen LogP) is 5.46.